The highest BCUT2D eigenvalue weighted by atomic mass is 16.5. The minimum Gasteiger partial charge on any atom is -0.454 e. The van der Waals surface area contributed by atoms with Crippen LogP contribution in [-0.4, -0.2) is 11.0 Å². The fourth-order valence-corrected chi connectivity index (χ4v) is 1.98. The first kappa shape index (κ1) is 10.0. The van der Waals surface area contributed by atoms with Gasteiger partial charge in [-0.2, -0.15) is 0 Å². The van der Waals surface area contributed by atoms with E-state index in [0.717, 1.165) is 16.5 Å². The van der Waals surface area contributed by atoms with Gasteiger partial charge in [0.2, 0.25) is 0 Å². The van der Waals surface area contributed by atoms with Gasteiger partial charge in [-0.05, 0) is 12.1 Å². The highest BCUT2D eigenvalue weighted by molar-refractivity contribution is 5.83. The maximum absolute atomic E-state index is 11.2. The van der Waals surface area contributed by atoms with Crippen molar-refractivity contribution in [1.82, 2.24) is 4.98 Å². The Labute approximate surface area is 98.7 Å². The zero-order valence-electron chi connectivity index (χ0n) is 9.17. The Hall–Kier alpha value is -2.16. The number of hydrogen-bond acceptors (Lipinski definition) is 3. The van der Waals surface area contributed by atoms with Gasteiger partial charge in [0.15, 0.2) is 0 Å². The van der Waals surface area contributed by atoms with Crippen LogP contribution in [0.5, 0.6) is 0 Å². The molecule has 3 rings (SSSR count). The molecular weight excluding hydrogens is 214 g/mol. The average Bonchev–Trinajstić information content (AvgIpc) is 2.38. The topological polar surface area (TPSA) is 39.2 Å². The van der Waals surface area contributed by atoms with Crippen LogP contribution in [0.4, 0.5) is 0 Å². The molecule has 17 heavy (non-hydrogen) atoms. The molecule has 1 aromatic carbocycles. The molecule has 0 radical (unpaired) electrons. The van der Waals surface area contributed by atoms with E-state index >= 15 is 0 Å². The molecule has 0 amide bonds. The quantitative estimate of drug-likeness (QED) is 0.700. The van der Waals surface area contributed by atoms with E-state index in [9.17, 15) is 4.79 Å². The summed E-state index contributed by atoms with van der Waals surface area (Å²) in [4.78, 5) is 15.5. The third kappa shape index (κ3) is 1.91. The maximum atomic E-state index is 11.2. The summed E-state index contributed by atoms with van der Waals surface area (Å²) in [5, 5.41) is 1.07. The summed E-state index contributed by atoms with van der Waals surface area (Å²) in [6.07, 6.45) is 5.59. The van der Waals surface area contributed by atoms with Crippen molar-refractivity contribution < 1.29 is 9.53 Å². The van der Waals surface area contributed by atoms with Crippen LogP contribution >= 0.6 is 0 Å². The van der Waals surface area contributed by atoms with E-state index in [1.807, 2.05) is 36.4 Å². The van der Waals surface area contributed by atoms with Gasteiger partial charge in [-0.25, -0.2) is 4.79 Å². The lowest BCUT2D eigenvalue weighted by atomic mass is 10.0. The van der Waals surface area contributed by atoms with Gasteiger partial charge in [-0.3, -0.25) is 4.98 Å². The van der Waals surface area contributed by atoms with Crippen molar-refractivity contribution in [3.8, 4) is 0 Å². The van der Waals surface area contributed by atoms with Crippen LogP contribution < -0.4 is 0 Å². The molecule has 0 saturated heterocycles. The van der Waals surface area contributed by atoms with E-state index in [4.69, 9.17) is 4.74 Å². The maximum Gasteiger partial charge on any atom is 0.331 e. The van der Waals surface area contributed by atoms with Crippen molar-refractivity contribution in [2.45, 2.75) is 12.5 Å². The molecule has 84 valence electrons. The molecule has 0 spiro atoms. The molecule has 3 heteroatoms. The number of cyclic esters (lactones) is 1. The molecule has 1 aromatic heterocycles. The fourth-order valence-electron chi connectivity index (χ4n) is 1.98. The molecule has 2 heterocycles. The summed E-state index contributed by atoms with van der Waals surface area (Å²) in [6.45, 7) is 0. The van der Waals surface area contributed by atoms with E-state index in [1.54, 1.807) is 6.20 Å². The zero-order valence-corrected chi connectivity index (χ0v) is 9.17. The number of rotatable bonds is 1. The number of pyridine rings is 1. The SMILES string of the molecule is O=C1C=CC[C@H](c2cnc3ccccc3c2)O1. The van der Waals surface area contributed by atoms with Crippen LogP contribution in [0.1, 0.15) is 18.1 Å². The van der Waals surface area contributed by atoms with Gasteiger partial charge in [0, 0.05) is 29.6 Å². The van der Waals surface area contributed by atoms with Crippen molar-refractivity contribution in [1.29, 1.82) is 0 Å². The first-order valence-electron chi connectivity index (χ1n) is 5.55. The van der Waals surface area contributed by atoms with E-state index < -0.39 is 0 Å². The zero-order chi connectivity index (χ0) is 11.7. The van der Waals surface area contributed by atoms with Crippen molar-refractivity contribution in [3.05, 3.63) is 54.2 Å². The van der Waals surface area contributed by atoms with Crippen LogP contribution in [0.2, 0.25) is 0 Å². The molecule has 0 fully saturated rings. The Bertz CT molecular complexity index is 604. The molecule has 2 aromatic rings. The van der Waals surface area contributed by atoms with Crippen LogP contribution in [0.25, 0.3) is 10.9 Å². The largest absolute Gasteiger partial charge is 0.454 e. The monoisotopic (exact) mass is 225 g/mol. The van der Waals surface area contributed by atoms with Crippen molar-refractivity contribution in [3.63, 3.8) is 0 Å². The first-order chi connectivity index (χ1) is 8.33. The lowest BCUT2D eigenvalue weighted by molar-refractivity contribution is -0.144. The van der Waals surface area contributed by atoms with Gasteiger partial charge in [-0.15, -0.1) is 0 Å². The van der Waals surface area contributed by atoms with E-state index in [2.05, 4.69) is 4.98 Å². The van der Waals surface area contributed by atoms with Crippen molar-refractivity contribution >= 4 is 16.9 Å². The smallest absolute Gasteiger partial charge is 0.331 e. The predicted octanol–water partition coefficient (Wildman–Crippen LogP) is 2.78. The lowest BCUT2D eigenvalue weighted by Gasteiger charge is -2.18. The number of benzene rings is 1. The third-order valence-corrected chi connectivity index (χ3v) is 2.85. The van der Waals surface area contributed by atoms with Gasteiger partial charge >= 0.3 is 5.97 Å². The summed E-state index contributed by atoms with van der Waals surface area (Å²) in [5.41, 5.74) is 1.90. The standard InChI is InChI=1S/C14H11NO2/c16-14-7-3-6-13(17-14)11-8-10-4-1-2-5-12(10)15-9-11/h1-5,7-9,13H,6H2/t13-/m1/s1. The summed E-state index contributed by atoms with van der Waals surface area (Å²) < 4.78 is 5.26. The number of nitrogens with zero attached hydrogens (tertiary/aromatic N) is 1. The molecule has 0 saturated carbocycles. The summed E-state index contributed by atoms with van der Waals surface area (Å²) in [7, 11) is 0. The lowest BCUT2D eigenvalue weighted by Crippen LogP contribution is -2.12. The molecular formula is C14H11NO2. The van der Waals surface area contributed by atoms with Crippen LogP contribution in [0, 0.1) is 0 Å². The molecule has 0 unspecified atom stereocenters. The van der Waals surface area contributed by atoms with Crippen molar-refractivity contribution in [2.75, 3.05) is 0 Å². The number of hydrogen-bond donors (Lipinski definition) is 0. The first-order valence-corrected chi connectivity index (χ1v) is 5.55. The highest BCUT2D eigenvalue weighted by Crippen LogP contribution is 2.26. The van der Waals surface area contributed by atoms with Gasteiger partial charge < -0.3 is 4.74 Å². The highest BCUT2D eigenvalue weighted by Gasteiger charge is 2.18. The minimum atomic E-state index is -0.283. The number of para-hydroxylation sites is 1. The van der Waals surface area contributed by atoms with E-state index in [0.29, 0.717) is 6.42 Å². The predicted molar refractivity (Wildman–Crippen MR) is 64.3 cm³/mol. The average molecular weight is 225 g/mol. The van der Waals surface area contributed by atoms with E-state index in [1.165, 1.54) is 6.08 Å². The third-order valence-electron chi connectivity index (χ3n) is 2.85. The molecule has 1 aliphatic heterocycles. The van der Waals surface area contributed by atoms with Gasteiger partial charge in [0.1, 0.15) is 6.10 Å². The molecule has 0 bridgehead atoms. The molecule has 0 N–H and O–H groups in total. The normalized spacial score (nSPS) is 19.3. The Kier molecular flexibility index (Phi) is 2.37. The molecule has 1 atom stereocenters. The molecule has 3 nitrogen and oxygen atoms in total. The van der Waals surface area contributed by atoms with Gasteiger partial charge in [0.05, 0.1) is 5.52 Å². The fraction of sp³-hybridized carbons (Fsp3) is 0.143. The van der Waals surface area contributed by atoms with Crippen LogP contribution in [-0.2, 0) is 9.53 Å². The number of carbonyl (C=O) groups excluding carboxylic acids is 1. The summed E-state index contributed by atoms with van der Waals surface area (Å²) >= 11 is 0. The van der Waals surface area contributed by atoms with Crippen LogP contribution in [0.3, 0.4) is 0 Å². The number of fused-ring (bicyclic) bond motifs is 1. The second kappa shape index (κ2) is 4.01. The minimum absolute atomic E-state index is 0.204. The summed E-state index contributed by atoms with van der Waals surface area (Å²) in [6, 6.07) is 9.93. The van der Waals surface area contributed by atoms with Gasteiger partial charge in [0.25, 0.3) is 0 Å². The summed E-state index contributed by atoms with van der Waals surface area (Å²) in [5.74, 6) is -0.283. The number of carbonyl (C=O) groups is 1. The molecule has 1 aliphatic rings. The van der Waals surface area contributed by atoms with Crippen LogP contribution in [0.15, 0.2) is 48.7 Å². The Morgan fingerprint density at radius 2 is 2.18 bits per heavy atom. The van der Waals surface area contributed by atoms with E-state index in [-0.39, 0.29) is 12.1 Å². The Morgan fingerprint density at radius 3 is 3.06 bits per heavy atom. The Morgan fingerprint density at radius 1 is 1.29 bits per heavy atom. The Balaban J connectivity index is 2.00. The second-order valence-electron chi connectivity index (χ2n) is 4.02. The number of aromatic nitrogens is 1. The second-order valence-corrected chi connectivity index (χ2v) is 4.02. The van der Waals surface area contributed by atoms with Gasteiger partial charge in [-0.1, -0.05) is 24.3 Å². The molecule has 0 aliphatic carbocycles. The van der Waals surface area contributed by atoms with Crippen molar-refractivity contribution in [2.24, 2.45) is 0 Å². The number of ether oxygens (including phenoxy) is 1. The number of esters is 1.